The smallest absolute Gasteiger partial charge is 0.326 e. The van der Waals surface area contributed by atoms with Crippen molar-refractivity contribution < 1.29 is 53.3 Å². The van der Waals surface area contributed by atoms with Crippen LogP contribution in [-0.4, -0.2) is 140 Å². The third kappa shape index (κ3) is 12.2. The van der Waals surface area contributed by atoms with Gasteiger partial charge in [0.2, 0.25) is 23.6 Å². The van der Waals surface area contributed by atoms with Crippen LogP contribution in [0.1, 0.15) is 87.3 Å². The summed E-state index contributed by atoms with van der Waals surface area (Å²) in [6.07, 6.45) is 4.08. The lowest BCUT2D eigenvalue weighted by molar-refractivity contribution is -0.149. The van der Waals surface area contributed by atoms with E-state index in [1.165, 1.54) is 47.6 Å². The Morgan fingerprint density at radius 3 is 2.24 bits per heavy atom. The van der Waals surface area contributed by atoms with Crippen molar-refractivity contribution in [3.63, 3.8) is 0 Å². The van der Waals surface area contributed by atoms with E-state index in [0.717, 1.165) is 0 Å². The van der Waals surface area contributed by atoms with Crippen molar-refractivity contribution in [3.05, 3.63) is 42.0 Å². The fourth-order valence-electron chi connectivity index (χ4n) is 7.38. The number of nitrogens with two attached hydrogens (primary N) is 3. The number of carboxylic acids is 2. The molecule has 2 aromatic rings. The van der Waals surface area contributed by atoms with Crippen molar-refractivity contribution in [1.82, 2.24) is 35.7 Å². The molecule has 0 saturated carbocycles. The van der Waals surface area contributed by atoms with Crippen LogP contribution in [-0.2, 0) is 33.6 Å². The van der Waals surface area contributed by atoms with E-state index in [9.17, 15) is 43.5 Å². The number of aliphatic imine (C=N–C) groups is 1. The molecule has 2 aliphatic heterocycles. The summed E-state index contributed by atoms with van der Waals surface area (Å²) in [5.41, 5.74) is 16.8. The second-order valence-corrected chi connectivity index (χ2v) is 15.1. The van der Waals surface area contributed by atoms with Gasteiger partial charge in [-0.05, 0) is 56.6 Å². The van der Waals surface area contributed by atoms with E-state index in [-0.39, 0.29) is 74.0 Å². The number of rotatable bonds is 21. The standard InChI is InChI=1S/C39H56N12O11/c1-4-20(2)29(35(57)49-30(25-18-43-19-45-25)37(59)51-16-8-13-27(51)38(60)61)48-32(54)21-9-5-10-23(31(21)62-3)46-34(56)26-12-7-15-50(26)36(58)24(11-6-14-44-39(41)42)47-33(55)22(40)17-28(52)53/h5,9-10,18-20,22,24,26-27,29-30H,4,6-8,11-17,40H2,1-3H3,(H,43,45)(H,46,56)(H,47,55)(H,48,54)(H,49,57)(H,52,53)(H,60,61)(H4,41,42,44)/t20-,22-,24-,26-,27-,29?,30-/m0/s1. The molecule has 62 heavy (non-hydrogen) atoms. The molecule has 1 aromatic heterocycles. The summed E-state index contributed by atoms with van der Waals surface area (Å²) >= 11 is 0. The Morgan fingerprint density at radius 2 is 1.65 bits per heavy atom. The maximum absolute atomic E-state index is 14.0. The topological polar surface area (TPSA) is 360 Å². The quantitative estimate of drug-likeness (QED) is 0.0399. The van der Waals surface area contributed by atoms with Gasteiger partial charge >= 0.3 is 11.9 Å². The number of hydrogen-bond donors (Lipinski definition) is 10. The van der Waals surface area contributed by atoms with Gasteiger partial charge in [0.05, 0.1) is 49.0 Å². The SMILES string of the molecule is CC[C@H](C)C(NC(=O)c1cccc(NC(=O)[C@@H]2CCCN2C(=O)[C@H](CCCN=C(N)N)NC(=O)[C@@H](N)CC(=O)O)c1OC)C(=O)N[C@H](C(=O)N1CCC[C@H]1C(=O)O)c1cnc[nH]1. The molecule has 338 valence electrons. The van der Waals surface area contributed by atoms with Gasteiger partial charge in [0.15, 0.2) is 17.8 Å². The molecule has 0 aliphatic carbocycles. The summed E-state index contributed by atoms with van der Waals surface area (Å²) in [6, 6.07) is -2.89. The second-order valence-electron chi connectivity index (χ2n) is 15.1. The van der Waals surface area contributed by atoms with Gasteiger partial charge in [-0.15, -0.1) is 0 Å². The van der Waals surface area contributed by atoms with Crippen LogP contribution in [0.2, 0.25) is 0 Å². The predicted molar refractivity (Wildman–Crippen MR) is 221 cm³/mol. The Balaban J connectivity index is 1.53. The number of H-pyrrole nitrogens is 1. The number of nitrogens with one attached hydrogen (secondary N) is 5. The first-order valence-corrected chi connectivity index (χ1v) is 20.2. The molecular formula is C39H56N12O11. The number of aromatic amines is 1. The summed E-state index contributed by atoms with van der Waals surface area (Å²) in [6.45, 7) is 3.99. The predicted octanol–water partition coefficient (Wildman–Crippen LogP) is -1.23. The van der Waals surface area contributed by atoms with Gasteiger partial charge in [-0.2, -0.15) is 0 Å². The molecule has 2 aliphatic rings. The summed E-state index contributed by atoms with van der Waals surface area (Å²) in [5, 5.41) is 29.5. The summed E-state index contributed by atoms with van der Waals surface area (Å²) in [4.78, 5) is 119. The van der Waals surface area contributed by atoms with Crippen molar-refractivity contribution in [2.24, 2.45) is 28.1 Å². The van der Waals surface area contributed by atoms with Crippen molar-refractivity contribution >= 4 is 59.0 Å². The van der Waals surface area contributed by atoms with E-state index in [1.807, 2.05) is 0 Å². The minimum atomic E-state index is -1.44. The Hall–Kier alpha value is -6.78. The molecule has 0 spiro atoms. The number of benzene rings is 1. The number of carbonyl (C=O) groups excluding carboxylic acids is 6. The fraction of sp³-hybridized carbons (Fsp3) is 0.538. The number of nitrogens with zero attached hydrogens (tertiary/aromatic N) is 4. The van der Waals surface area contributed by atoms with E-state index in [4.69, 9.17) is 27.0 Å². The number of para-hydroxylation sites is 1. The van der Waals surface area contributed by atoms with Crippen LogP contribution in [0.25, 0.3) is 0 Å². The Morgan fingerprint density at radius 1 is 0.968 bits per heavy atom. The summed E-state index contributed by atoms with van der Waals surface area (Å²) in [7, 11) is 1.28. The normalized spacial score (nSPS) is 18.3. The largest absolute Gasteiger partial charge is 0.494 e. The number of aliphatic carboxylic acids is 2. The lowest BCUT2D eigenvalue weighted by Gasteiger charge is -2.30. The highest BCUT2D eigenvalue weighted by molar-refractivity contribution is 6.05. The molecule has 3 heterocycles. The first-order chi connectivity index (χ1) is 29.5. The zero-order valence-corrected chi connectivity index (χ0v) is 34.8. The van der Waals surface area contributed by atoms with E-state index < -0.39 is 96.0 Å². The highest BCUT2D eigenvalue weighted by Gasteiger charge is 2.41. The van der Waals surface area contributed by atoms with Crippen LogP contribution in [0, 0.1) is 5.92 Å². The van der Waals surface area contributed by atoms with Gasteiger partial charge in [-0.1, -0.05) is 26.3 Å². The van der Waals surface area contributed by atoms with E-state index in [2.05, 4.69) is 36.2 Å². The number of ether oxygens (including phenoxy) is 1. The number of anilines is 1. The molecule has 6 amide bonds. The number of amides is 6. The van der Waals surface area contributed by atoms with Gasteiger partial charge in [-0.25, -0.2) is 9.78 Å². The molecule has 13 N–H and O–H groups in total. The second kappa shape index (κ2) is 22.2. The first-order valence-electron chi connectivity index (χ1n) is 20.2. The molecular weight excluding hydrogens is 813 g/mol. The third-order valence-electron chi connectivity index (χ3n) is 10.8. The van der Waals surface area contributed by atoms with Gasteiger partial charge in [0, 0.05) is 19.6 Å². The Kier molecular flexibility index (Phi) is 17.1. The zero-order chi connectivity index (χ0) is 45.7. The minimum absolute atomic E-state index is 0.0381. The molecule has 7 atom stereocenters. The fourth-order valence-corrected chi connectivity index (χ4v) is 7.38. The van der Waals surface area contributed by atoms with Crippen LogP contribution in [0.3, 0.4) is 0 Å². The maximum atomic E-state index is 14.0. The summed E-state index contributed by atoms with van der Waals surface area (Å²) < 4.78 is 5.60. The molecule has 1 aromatic carbocycles. The zero-order valence-electron chi connectivity index (χ0n) is 34.8. The van der Waals surface area contributed by atoms with Crippen LogP contribution in [0.15, 0.2) is 35.7 Å². The first kappa shape index (κ1) is 47.9. The number of imidazole rings is 1. The maximum Gasteiger partial charge on any atom is 0.326 e. The number of carbonyl (C=O) groups is 8. The molecule has 0 bridgehead atoms. The van der Waals surface area contributed by atoms with Gasteiger partial charge in [0.1, 0.15) is 24.2 Å². The molecule has 23 heteroatoms. The number of guanidine groups is 1. The van der Waals surface area contributed by atoms with Gasteiger partial charge < -0.3 is 68.2 Å². The monoisotopic (exact) mass is 868 g/mol. The van der Waals surface area contributed by atoms with Crippen molar-refractivity contribution in [1.29, 1.82) is 0 Å². The Bertz CT molecular complexity index is 1990. The Labute approximate surface area is 356 Å². The average Bonchev–Trinajstić information content (AvgIpc) is 4.05. The number of methoxy groups -OCH3 is 1. The number of carboxylic acid groups (broad SMARTS) is 2. The van der Waals surface area contributed by atoms with E-state index in [0.29, 0.717) is 19.3 Å². The van der Waals surface area contributed by atoms with Crippen LogP contribution in [0.4, 0.5) is 5.69 Å². The molecule has 0 radical (unpaired) electrons. The lowest BCUT2D eigenvalue weighted by Crippen LogP contribution is -2.55. The van der Waals surface area contributed by atoms with Crippen LogP contribution >= 0.6 is 0 Å². The lowest BCUT2D eigenvalue weighted by atomic mass is 9.97. The van der Waals surface area contributed by atoms with Gasteiger partial charge in [0.25, 0.3) is 11.8 Å². The highest BCUT2D eigenvalue weighted by atomic mass is 16.5. The van der Waals surface area contributed by atoms with Crippen molar-refractivity contribution in [2.45, 2.75) is 101 Å². The molecule has 4 rings (SSSR count). The van der Waals surface area contributed by atoms with Crippen LogP contribution in [0.5, 0.6) is 5.75 Å². The van der Waals surface area contributed by atoms with Crippen molar-refractivity contribution in [3.8, 4) is 5.75 Å². The number of aromatic nitrogens is 2. The van der Waals surface area contributed by atoms with Gasteiger partial charge in [-0.3, -0.25) is 38.6 Å². The third-order valence-corrected chi connectivity index (χ3v) is 10.8. The number of likely N-dealkylation sites (tertiary alicyclic amines) is 2. The average molecular weight is 869 g/mol. The van der Waals surface area contributed by atoms with E-state index >= 15 is 0 Å². The highest BCUT2D eigenvalue weighted by Crippen LogP contribution is 2.31. The molecule has 23 nitrogen and oxygen atoms in total. The molecule has 1 unspecified atom stereocenters. The number of hydrogen-bond acceptors (Lipinski definition) is 12. The van der Waals surface area contributed by atoms with Crippen LogP contribution < -0.4 is 43.2 Å². The molecule has 2 saturated heterocycles. The van der Waals surface area contributed by atoms with E-state index in [1.54, 1.807) is 13.8 Å². The van der Waals surface area contributed by atoms with Crippen molar-refractivity contribution in [2.75, 3.05) is 32.1 Å². The molecule has 2 fully saturated rings. The minimum Gasteiger partial charge on any atom is -0.494 e. The summed E-state index contributed by atoms with van der Waals surface area (Å²) in [5.74, 6) is -7.44.